The van der Waals surface area contributed by atoms with E-state index in [1.165, 1.54) is 7.11 Å². The molecule has 0 fully saturated rings. The highest BCUT2D eigenvalue weighted by atomic mass is 32.2. The minimum absolute atomic E-state index is 0.0526. The Morgan fingerprint density at radius 2 is 2.00 bits per heavy atom. The van der Waals surface area contributed by atoms with Gasteiger partial charge in [0.2, 0.25) is 0 Å². The van der Waals surface area contributed by atoms with Gasteiger partial charge in [-0.05, 0) is 12.1 Å². The average molecular weight is 265 g/mol. The lowest BCUT2D eigenvalue weighted by molar-refractivity contribution is 0.414. The van der Waals surface area contributed by atoms with Crippen molar-refractivity contribution in [2.45, 2.75) is 4.90 Å². The van der Waals surface area contributed by atoms with E-state index >= 15 is 0 Å². The molecule has 0 saturated heterocycles. The highest BCUT2D eigenvalue weighted by Crippen LogP contribution is 2.29. The Kier molecular flexibility index (Phi) is 3.62. The minimum Gasteiger partial charge on any atom is -0.494 e. The van der Waals surface area contributed by atoms with Crippen LogP contribution in [0.1, 0.15) is 0 Å². The Hall–Kier alpha value is -1.45. The summed E-state index contributed by atoms with van der Waals surface area (Å²) in [5, 5.41) is 0. The molecule has 0 unspecified atom stereocenters. The molecule has 0 aliphatic rings. The molecule has 1 rings (SSSR count). The van der Waals surface area contributed by atoms with Gasteiger partial charge in [-0.3, -0.25) is 4.55 Å². The van der Waals surface area contributed by atoms with E-state index in [0.717, 1.165) is 18.2 Å². The standard InChI is InChI=1S/C7H7NO6S2/c1-14-7-4-5(16(11,12)13)2-3-6(7)8-15(9)10/h2-4H,1H3,(H,11,12,13). The lowest BCUT2D eigenvalue weighted by atomic mass is 10.3. The third-order valence-corrected chi connectivity index (χ3v) is 2.82. The van der Waals surface area contributed by atoms with E-state index in [2.05, 4.69) is 4.36 Å². The predicted molar refractivity (Wildman–Crippen MR) is 53.8 cm³/mol. The molecule has 1 aromatic carbocycles. The molecule has 9 heteroatoms. The fourth-order valence-electron chi connectivity index (χ4n) is 0.974. The molecule has 0 aliphatic heterocycles. The van der Waals surface area contributed by atoms with E-state index < -0.39 is 25.5 Å². The lowest BCUT2D eigenvalue weighted by Gasteiger charge is -2.04. The monoisotopic (exact) mass is 265 g/mol. The molecule has 0 saturated carbocycles. The molecule has 0 aromatic heterocycles. The second-order valence-electron chi connectivity index (χ2n) is 2.62. The first kappa shape index (κ1) is 12.6. The molecule has 1 N–H and O–H groups in total. The molecule has 0 amide bonds. The summed E-state index contributed by atoms with van der Waals surface area (Å²) in [7, 11) is -5.81. The fourth-order valence-corrected chi connectivity index (χ4v) is 1.78. The maximum atomic E-state index is 10.8. The Bertz CT molecular complexity index is 623. The Morgan fingerprint density at radius 3 is 2.44 bits per heavy atom. The third kappa shape index (κ3) is 3.02. The molecule has 0 spiro atoms. The number of nitrogens with zero attached hydrogens (tertiary/aromatic N) is 1. The summed E-state index contributed by atoms with van der Waals surface area (Å²) in [6.07, 6.45) is 0. The molecule has 0 bridgehead atoms. The number of methoxy groups -OCH3 is 1. The van der Waals surface area contributed by atoms with Crippen LogP contribution in [-0.2, 0) is 20.6 Å². The van der Waals surface area contributed by atoms with Crippen molar-refractivity contribution in [2.75, 3.05) is 7.11 Å². The Labute approximate surface area is 93.1 Å². The molecular formula is C7H7NO6S2. The molecular weight excluding hydrogens is 258 g/mol. The first-order valence-electron chi connectivity index (χ1n) is 3.81. The number of ether oxygens (including phenoxy) is 1. The number of hydrogen-bond acceptors (Lipinski definition) is 6. The van der Waals surface area contributed by atoms with E-state index in [1.54, 1.807) is 0 Å². The molecule has 0 heterocycles. The zero-order chi connectivity index (χ0) is 12.3. The average Bonchev–Trinajstić information content (AvgIpc) is 2.15. The maximum absolute atomic E-state index is 10.8. The maximum Gasteiger partial charge on any atom is 0.316 e. The van der Waals surface area contributed by atoms with E-state index in [9.17, 15) is 16.8 Å². The molecule has 88 valence electrons. The van der Waals surface area contributed by atoms with Gasteiger partial charge in [0.05, 0.1) is 12.0 Å². The van der Waals surface area contributed by atoms with Gasteiger partial charge in [-0.1, -0.05) is 0 Å². The molecule has 0 radical (unpaired) electrons. The first-order chi connectivity index (χ1) is 7.34. The van der Waals surface area contributed by atoms with Gasteiger partial charge in [0.25, 0.3) is 10.1 Å². The normalized spacial score (nSPS) is 10.9. The summed E-state index contributed by atoms with van der Waals surface area (Å²) in [4.78, 5) is -0.403. The van der Waals surface area contributed by atoms with Crippen molar-refractivity contribution >= 4 is 26.3 Å². The summed E-state index contributed by atoms with van der Waals surface area (Å²) in [5.74, 6) is -0.0701. The summed E-state index contributed by atoms with van der Waals surface area (Å²) >= 11 is 0. The van der Waals surface area contributed by atoms with Crippen LogP contribution in [0.2, 0.25) is 0 Å². The SMILES string of the molecule is COc1cc(S(=O)(=O)O)ccc1N=S(=O)=O. The topological polar surface area (TPSA) is 110 Å². The van der Waals surface area contributed by atoms with E-state index in [0.29, 0.717) is 0 Å². The molecule has 16 heavy (non-hydrogen) atoms. The summed E-state index contributed by atoms with van der Waals surface area (Å²) in [5.41, 5.74) is -0.0526. The van der Waals surface area contributed by atoms with Crippen molar-refractivity contribution in [3.8, 4) is 5.75 Å². The highest BCUT2D eigenvalue weighted by Gasteiger charge is 2.13. The van der Waals surface area contributed by atoms with Crippen LogP contribution in [0.15, 0.2) is 27.5 Å². The van der Waals surface area contributed by atoms with Crippen LogP contribution in [0.5, 0.6) is 5.75 Å². The number of rotatable bonds is 3. The quantitative estimate of drug-likeness (QED) is 0.803. The largest absolute Gasteiger partial charge is 0.494 e. The summed E-state index contributed by atoms with van der Waals surface area (Å²) in [6.45, 7) is 0. The van der Waals surface area contributed by atoms with Crippen molar-refractivity contribution in [3.05, 3.63) is 18.2 Å². The van der Waals surface area contributed by atoms with Crippen molar-refractivity contribution in [1.29, 1.82) is 0 Å². The minimum atomic E-state index is -4.36. The zero-order valence-corrected chi connectivity index (χ0v) is 9.62. The van der Waals surface area contributed by atoms with E-state index in [4.69, 9.17) is 9.29 Å². The summed E-state index contributed by atoms with van der Waals surface area (Å²) in [6, 6.07) is 3.10. The van der Waals surface area contributed by atoms with Gasteiger partial charge in [-0.15, -0.1) is 4.36 Å². The first-order valence-corrected chi connectivity index (χ1v) is 6.28. The molecule has 7 nitrogen and oxygen atoms in total. The van der Waals surface area contributed by atoms with Gasteiger partial charge in [0, 0.05) is 6.07 Å². The molecule has 0 atom stereocenters. The zero-order valence-electron chi connectivity index (χ0n) is 7.98. The number of hydrogen-bond donors (Lipinski definition) is 1. The van der Waals surface area contributed by atoms with Crippen LogP contribution < -0.4 is 4.74 Å². The highest BCUT2D eigenvalue weighted by molar-refractivity contribution is 7.85. The van der Waals surface area contributed by atoms with Crippen molar-refractivity contribution in [1.82, 2.24) is 0 Å². The van der Waals surface area contributed by atoms with Gasteiger partial charge in [0.1, 0.15) is 11.4 Å². The third-order valence-electron chi connectivity index (χ3n) is 1.62. The second kappa shape index (κ2) is 4.60. The summed E-state index contributed by atoms with van der Waals surface area (Å²) < 4.78 is 58.9. The van der Waals surface area contributed by atoms with Crippen LogP contribution in [0.3, 0.4) is 0 Å². The van der Waals surface area contributed by atoms with Crippen LogP contribution in [-0.4, -0.2) is 28.5 Å². The van der Waals surface area contributed by atoms with Crippen LogP contribution in [0.25, 0.3) is 0 Å². The van der Waals surface area contributed by atoms with Gasteiger partial charge < -0.3 is 4.74 Å². The number of benzene rings is 1. The van der Waals surface area contributed by atoms with Crippen molar-refractivity contribution in [2.24, 2.45) is 4.36 Å². The van der Waals surface area contributed by atoms with Gasteiger partial charge >= 0.3 is 10.5 Å². The smallest absolute Gasteiger partial charge is 0.316 e. The van der Waals surface area contributed by atoms with E-state index in [1.807, 2.05) is 0 Å². The van der Waals surface area contributed by atoms with Crippen molar-refractivity contribution in [3.63, 3.8) is 0 Å². The van der Waals surface area contributed by atoms with Crippen LogP contribution in [0, 0.1) is 0 Å². The lowest BCUT2D eigenvalue weighted by Crippen LogP contribution is -1.98. The van der Waals surface area contributed by atoms with Crippen LogP contribution >= 0.6 is 0 Å². The fraction of sp³-hybridized carbons (Fsp3) is 0.143. The van der Waals surface area contributed by atoms with Gasteiger partial charge in [0.15, 0.2) is 0 Å². The predicted octanol–water partition coefficient (Wildman–Crippen LogP) is 0.636. The second-order valence-corrected chi connectivity index (χ2v) is 4.66. The van der Waals surface area contributed by atoms with Gasteiger partial charge in [-0.25, -0.2) is 0 Å². The van der Waals surface area contributed by atoms with Crippen LogP contribution in [0.4, 0.5) is 5.69 Å². The van der Waals surface area contributed by atoms with E-state index in [-0.39, 0.29) is 11.4 Å². The Balaban J connectivity index is 3.45. The Morgan fingerprint density at radius 1 is 1.38 bits per heavy atom. The molecule has 1 aromatic rings. The van der Waals surface area contributed by atoms with Gasteiger partial charge in [-0.2, -0.15) is 16.8 Å². The molecule has 0 aliphatic carbocycles. The van der Waals surface area contributed by atoms with Crippen molar-refractivity contribution < 1.29 is 26.1 Å².